The molecule has 0 N–H and O–H groups in total. The fourth-order valence-corrected chi connectivity index (χ4v) is 1.56. The molecule has 11 heavy (non-hydrogen) atoms. The molecule has 0 aromatic heterocycles. The van der Waals surface area contributed by atoms with E-state index in [4.69, 9.17) is 11.6 Å². The number of piperidine rings is 1. The zero-order valence-electron chi connectivity index (χ0n) is 6.98. The first-order chi connectivity index (χ1) is 5.33. The van der Waals surface area contributed by atoms with Crippen LogP contribution in [0.5, 0.6) is 0 Å². The van der Waals surface area contributed by atoms with E-state index in [9.17, 15) is 0 Å². The summed E-state index contributed by atoms with van der Waals surface area (Å²) < 4.78 is 0. The molecule has 0 bridgehead atoms. The molecule has 0 aromatic carbocycles. The Bertz CT molecular complexity index is 128. The van der Waals surface area contributed by atoms with Gasteiger partial charge in [0.25, 0.3) is 0 Å². The van der Waals surface area contributed by atoms with Crippen LogP contribution in [0.1, 0.15) is 19.3 Å². The van der Waals surface area contributed by atoms with Crippen LogP contribution >= 0.6 is 11.6 Å². The van der Waals surface area contributed by atoms with Gasteiger partial charge in [-0.25, -0.2) is 0 Å². The smallest absolute Gasteiger partial charge is 0.0443 e. The Morgan fingerprint density at radius 1 is 1.27 bits per heavy atom. The molecule has 1 aliphatic heterocycles. The van der Waals surface area contributed by atoms with Crippen molar-refractivity contribution in [1.29, 1.82) is 0 Å². The van der Waals surface area contributed by atoms with Gasteiger partial charge in [0, 0.05) is 12.4 Å². The number of nitrogens with zero attached hydrogens (tertiary/aromatic N) is 1. The lowest BCUT2D eigenvalue weighted by atomic mass is 10.1. The third-order valence-electron chi connectivity index (χ3n) is 2.08. The molecule has 1 nitrogen and oxygen atoms in total. The van der Waals surface area contributed by atoms with Crippen LogP contribution < -0.4 is 0 Å². The molecular weight excluding hydrogens is 158 g/mol. The monoisotopic (exact) mass is 173 g/mol. The van der Waals surface area contributed by atoms with Crippen LogP contribution in [0.25, 0.3) is 0 Å². The summed E-state index contributed by atoms with van der Waals surface area (Å²) in [5.74, 6) is 0.608. The minimum absolute atomic E-state index is 0.608. The first kappa shape index (κ1) is 9.08. The second kappa shape index (κ2) is 4.78. The van der Waals surface area contributed by atoms with Crippen molar-refractivity contribution in [2.75, 3.05) is 25.5 Å². The number of likely N-dealkylation sites (tertiary alicyclic amines) is 1. The molecule has 0 amide bonds. The molecular formula is C9H16ClN. The van der Waals surface area contributed by atoms with Crippen molar-refractivity contribution >= 4 is 11.6 Å². The van der Waals surface area contributed by atoms with Crippen LogP contribution in [0, 0.1) is 0 Å². The summed E-state index contributed by atoms with van der Waals surface area (Å²) in [6, 6.07) is 0. The predicted octanol–water partition coefficient (Wildman–Crippen LogP) is 2.27. The Hall–Kier alpha value is -0.0100. The van der Waals surface area contributed by atoms with Crippen LogP contribution in [0.4, 0.5) is 0 Å². The Labute approximate surface area is 74.0 Å². The van der Waals surface area contributed by atoms with Crippen molar-refractivity contribution in [2.24, 2.45) is 0 Å². The second-order valence-corrected chi connectivity index (χ2v) is 3.49. The zero-order chi connectivity index (χ0) is 8.10. The molecule has 1 aliphatic rings. The maximum Gasteiger partial charge on any atom is 0.0443 e. The molecule has 0 aromatic rings. The maximum absolute atomic E-state index is 5.65. The predicted molar refractivity (Wildman–Crippen MR) is 50.2 cm³/mol. The molecule has 1 rings (SSSR count). The summed E-state index contributed by atoms with van der Waals surface area (Å²) in [5, 5.41) is 0. The normalized spacial score (nSPS) is 20.1. The molecule has 1 saturated heterocycles. The van der Waals surface area contributed by atoms with Gasteiger partial charge >= 0.3 is 0 Å². The Balaban J connectivity index is 2.19. The highest BCUT2D eigenvalue weighted by molar-refractivity contribution is 6.19. The van der Waals surface area contributed by atoms with E-state index in [-0.39, 0.29) is 0 Å². The topological polar surface area (TPSA) is 3.24 Å². The molecule has 0 aliphatic carbocycles. The number of halogens is 1. The number of alkyl halides is 1. The van der Waals surface area contributed by atoms with Gasteiger partial charge in [0.2, 0.25) is 0 Å². The van der Waals surface area contributed by atoms with Gasteiger partial charge in [-0.2, -0.15) is 0 Å². The van der Waals surface area contributed by atoms with Crippen molar-refractivity contribution in [3.05, 3.63) is 12.2 Å². The Kier molecular flexibility index (Phi) is 3.95. The lowest BCUT2D eigenvalue weighted by Gasteiger charge is -2.26. The van der Waals surface area contributed by atoms with E-state index in [0.717, 1.165) is 12.1 Å². The Morgan fingerprint density at radius 3 is 2.45 bits per heavy atom. The highest BCUT2D eigenvalue weighted by atomic mass is 35.5. The van der Waals surface area contributed by atoms with Crippen LogP contribution in [-0.2, 0) is 0 Å². The first-order valence-corrected chi connectivity index (χ1v) is 4.81. The summed E-state index contributed by atoms with van der Waals surface area (Å²) in [5.41, 5.74) is 1.15. The van der Waals surface area contributed by atoms with Gasteiger partial charge < -0.3 is 0 Å². The minimum atomic E-state index is 0.608. The molecule has 0 spiro atoms. The van der Waals surface area contributed by atoms with Crippen molar-refractivity contribution < 1.29 is 0 Å². The number of rotatable bonds is 3. The SMILES string of the molecule is C=C(CCl)CN1CCCCC1. The fourth-order valence-electron chi connectivity index (χ4n) is 1.48. The average molecular weight is 174 g/mol. The van der Waals surface area contributed by atoms with E-state index >= 15 is 0 Å². The largest absolute Gasteiger partial charge is 0.299 e. The average Bonchev–Trinajstić information content (AvgIpc) is 2.06. The van der Waals surface area contributed by atoms with Crippen LogP contribution in [0.15, 0.2) is 12.2 Å². The summed E-state index contributed by atoms with van der Waals surface area (Å²) in [4.78, 5) is 2.44. The van der Waals surface area contributed by atoms with Crippen LogP contribution in [0.2, 0.25) is 0 Å². The van der Waals surface area contributed by atoms with E-state index in [1.54, 1.807) is 0 Å². The number of hydrogen-bond donors (Lipinski definition) is 0. The third-order valence-corrected chi connectivity index (χ3v) is 2.46. The Morgan fingerprint density at radius 2 is 1.91 bits per heavy atom. The van der Waals surface area contributed by atoms with Crippen LogP contribution in [0.3, 0.4) is 0 Å². The minimum Gasteiger partial charge on any atom is -0.299 e. The van der Waals surface area contributed by atoms with Gasteiger partial charge in [0.05, 0.1) is 0 Å². The lowest BCUT2D eigenvalue weighted by molar-refractivity contribution is 0.247. The van der Waals surface area contributed by atoms with E-state index in [0.29, 0.717) is 5.88 Å². The molecule has 0 saturated carbocycles. The molecule has 64 valence electrons. The molecule has 0 atom stereocenters. The van der Waals surface area contributed by atoms with E-state index in [1.807, 2.05) is 0 Å². The van der Waals surface area contributed by atoms with Crippen LogP contribution in [-0.4, -0.2) is 30.4 Å². The molecule has 0 unspecified atom stereocenters. The van der Waals surface area contributed by atoms with Crippen molar-refractivity contribution in [2.45, 2.75) is 19.3 Å². The van der Waals surface area contributed by atoms with Gasteiger partial charge in [-0.15, -0.1) is 11.6 Å². The quantitative estimate of drug-likeness (QED) is 0.468. The van der Waals surface area contributed by atoms with Gasteiger partial charge in [0.15, 0.2) is 0 Å². The van der Waals surface area contributed by atoms with Crippen molar-refractivity contribution in [1.82, 2.24) is 4.90 Å². The molecule has 0 radical (unpaired) electrons. The van der Waals surface area contributed by atoms with Crippen molar-refractivity contribution in [3.63, 3.8) is 0 Å². The summed E-state index contributed by atoms with van der Waals surface area (Å²) in [7, 11) is 0. The highest BCUT2D eigenvalue weighted by Crippen LogP contribution is 2.10. The highest BCUT2D eigenvalue weighted by Gasteiger charge is 2.09. The van der Waals surface area contributed by atoms with E-state index < -0.39 is 0 Å². The van der Waals surface area contributed by atoms with E-state index in [1.165, 1.54) is 32.4 Å². The van der Waals surface area contributed by atoms with Gasteiger partial charge in [-0.05, 0) is 31.5 Å². The van der Waals surface area contributed by atoms with Crippen molar-refractivity contribution in [3.8, 4) is 0 Å². The summed E-state index contributed by atoms with van der Waals surface area (Å²) in [6.07, 6.45) is 4.08. The standard InChI is InChI=1S/C9H16ClN/c1-9(7-10)8-11-5-3-2-4-6-11/h1-8H2. The molecule has 1 heterocycles. The maximum atomic E-state index is 5.65. The lowest BCUT2D eigenvalue weighted by Crippen LogP contribution is -2.31. The first-order valence-electron chi connectivity index (χ1n) is 4.28. The fraction of sp³-hybridized carbons (Fsp3) is 0.778. The van der Waals surface area contributed by atoms with E-state index in [2.05, 4.69) is 11.5 Å². The number of hydrogen-bond acceptors (Lipinski definition) is 1. The van der Waals surface area contributed by atoms with Gasteiger partial charge in [-0.3, -0.25) is 4.90 Å². The molecule has 1 fully saturated rings. The zero-order valence-corrected chi connectivity index (χ0v) is 7.74. The molecule has 2 heteroatoms. The second-order valence-electron chi connectivity index (χ2n) is 3.22. The van der Waals surface area contributed by atoms with Gasteiger partial charge in [-0.1, -0.05) is 13.0 Å². The summed E-state index contributed by atoms with van der Waals surface area (Å²) >= 11 is 5.65. The summed E-state index contributed by atoms with van der Waals surface area (Å²) in [6.45, 7) is 7.36. The van der Waals surface area contributed by atoms with Gasteiger partial charge in [0.1, 0.15) is 0 Å². The third kappa shape index (κ3) is 3.26.